The zero-order chi connectivity index (χ0) is 12.2. The number of benzene rings is 1. The molecule has 1 rings (SSSR count). The van der Waals surface area contributed by atoms with Crippen LogP contribution in [0.1, 0.15) is 32.8 Å². The lowest BCUT2D eigenvalue weighted by molar-refractivity contribution is -0.116. The average molecular weight is 221 g/mol. The Labute approximate surface area is 96.5 Å². The van der Waals surface area contributed by atoms with Crippen molar-refractivity contribution in [3.8, 4) is 0 Å². The summed E-state index contributed by atoms with van der Waals surface area (Å²) in [6.45, 7) is 6.18. The molecule has 0 saturated heterocycles. The largest absolute Gasteiger partial charge is 0.396 e. The molecule has 0 radical (unpaired) electrons. The minimum absolute atomic E-state index is 0.0108. The van der Waals surface area contributed by atoms with Crippen LogP contribution in [-0.2, 0) is 10.2 Å². The van der Waals surface area contributed by atoms with Gasteiger partial charge in [0.1, 0.15) is 0 Å². The summed E-state index contributed by atoms with van der Waals surface area (Å²) in [6.07, 6.45) is 0.137. The molecule has 0 atom stereocenters. The molecule has 1 aromatic rings. The summed E-state index contributed by atoms with van der Waals surface area (Å²) in [5.74, 6) is -0.154. The summed E-state index contributed by atoms with van der Waals surface area (Å²) in [4.78, 5) is 11.4. The van der Waals surface area contributed by atoms with Gasteiger partial charge in [0.05, 0.1) is 13.0 Å². The van der Waals surface area contributed by atoms with Crippen LogP contribution in [0, 0.1) is 0 Å². The van der Waals surface area contributed by atoms with E-state index in [1.54, 1.807) is 0 Å². The van der Waals surface area contributed by atoms with E-state index in [0.29, 0.717) is 0 Å². The van der Waals surface area contributed by atoms with E-state index in [2.05, 4.69) is 26.1 Å². The van der Waals surface area contributed by atoms with Crippen molar-refractivity contribution < 1.29 is 9.90 Å². The van der Waals surface area contributed by atoms with E-state index in [0.717, 1.165) is 11.3 Å². The molecule has 88 valence electrons. The fourth-order valence-electron chi connectivity index (χ4n) is 1.56. The molecule has 16 heavy (non-hydrogen) atoms. The lowest BCUT2D eigenvalue weighted by Gasteiger charge is -2.22. The Morgan fingerprint density at radius 1 is 1.31 bits per heavy atom. The first-order chi connectivity index (χ1) is 7.45. The molecule has 0 aromatic heterocycles. The van der Waals surface area contributed by atoms with Crippen LogP contribution in [-0.4, -0.2) is 17.6 Å². The number of carbonyl (C=O) groups excluding carboxylic acids is 1. The van der Waals surface area contributed by atoms with Gasteiger partial charge in [-0.2, -0.15) is 0 Å². The summed E-state index contributed by atoms with van der Waals surface area (Å²) in [7, 11) is 0. The van der Waals surface area contributed by atoms with Crippen molar-refractivity contribution in [2.24, 2.45) is 0 Å². The lowest BCUT2D eigenvalue weighted by Crippen LogP contribution is -2.19. The molecule has 0 unspecified atom stereocenters. The van der Waals surface area contributed by atoms with Crippen LogP contribution in [0.25, 0.3) is 0 Å². The van der Waals surface area contributed by atoms with Gasteiger partial charge >= 0.3 is 0 Å². The predicted octanol–water partition coefficient (Wildman–Crippen LogP) is 2.31. The minimum atomic E-state index is -0.154. The van der Waals surface area contributed by atoms with Crippen molar-refractivity contribution in [3.05, 3.63) is 29.8 Å². The standard InChI is InChI=1S/C13H19NO2/c1-13(2,3)10-6-4-5-7-11(10)14-12(16)8-9-15/h4-7,15H,8-9H2,1-3H3,(H,14,16). The molecule has 2 N–H and O–H groups in total. The second-order valence-electron chi connectivity index (χ2n) is 4.82. The maximum absolute atomic E-state index is 11.4. The van der Waals surface area contributed by atoms with Gasteiger partial charge in [-0.05, 0) is 17.0 Å². The summed E-state index contributed by atoms with van der Waals surface area (Å²) in [5, 5.41) is 11.5. The molecule has 0 aliphatic carbocycles. The second kappa shape index (κ2) is 5.12. The highest BCUT2D eigenvalue weighted by Crippen LogP contribution is 2.29. The van der Waals surface area contributed by atoms with Crippen LogP contribution < -0.4 is 5.32 Å². The number of amides is 1. The van der Waals surface area contributed by atoms with E-state index in [4.69, 9.17) is 5.11 Å². The number of aliphatic hydroxyl groups excluding tert-OH is 1. The second-order valence-corrected chi connectivity index (χ2v) is 4.82. The fraction of sp³-hybridized carbons (Fsp3) is 0.462. The topological polar surface area (TPSA) is 49.3 Å². The molecule has 0 fully saturated rings. The van der Waals surface area contributed by atoms with Crippen molar-refractivity contribution in [2.45, 2.75) is 32.6 Å². The van der Waals surface area contributed by atoms with Crippen LogP contribution in [0.2, 0.25) is 0 Å². The van der Waals surface area contributed by atoms with Gasteiger partial charge in [-0.15, -0.1) is 0 Å². The summed E-state index contributed by atoms with van der Waals surface area (Å²) >= 11 is 0. The maximum Gasteiger partial charge on any atom is 0.226 e. The number of rotatable bonds is 3. The van der Waals surface area contributed by atoms with Crippen molar-refractivity contribution >= 4 is 11.6 Å². The molecule has 3 heteroatoms. The Bertz CT molecular complexity index is 366. The first-order valence-corrected chi connectivity index (χ1v) is 5.45. The van der Waals surface area contributed by atoms with E-state index in [1.165, 1.54) is 0 Å². The number of para-hydroxylation sites is 1. The monoisotopic (exact) mass is 221 g/mol. The number of carbonyl (C=O) groups is 1. The lowest BCUT2D eigenvalue weighted by atomic mass is 9.86. The van der Waals surface area contributed by atoms with Crippen LogP contribution in [0.3, 0.4) is 0 Å². The van der Waals surface area contributed by atoms with Gasteiger partial charge in [-0.3, -0.25) is 4.79 Å². The Hall–Kier alpha value is -1.35. The minimum Gasteiger partial charge on any atom is -0.396 e. The number of hydrogen-bond donors (Lipinski definition) is 2. The molecule has 3 nitrogen and oxygen atoms in total. The third-order valence-corrected chi connectivity index (χ3v) is 2.35. The number of aliphatic hydroxyl groups is 1. The van der Waals surface area contributed by atoms with Gasteiger partial charge in [-0.25, -0.2) is 0 Å². The fourth-order valence-corrected chi connectivity index (χ4v) is 1.56. The third-order valence-electron chi connectivity index (χ3n) is 2.35. The average Bonchev–Trinajstić information content (AvgIpc) is 2.17. The van der Waals surface area contributed by atoms with Crippen molar-refractivity contribution in [3.63, 3.8) is 0 Å². The van der Waals surface area contributed by atoms with Crippen molar-refractivity contribution in [2.75, 3.05) is 11.9 Å². The molecule has 1 aromatic carbocycles. The Morgan fingerprint density at radius 2 is 1.94 bits per heavy atom. The van der Waals surface area contributed by atoms with E-state index in [9.17, 15) is 4.79 Å². The van der Waals surface area contributed by atoms with Crippen LogP contribution in [0.5, 0.6) is 0 Å². The molecule has 0 bridgehead atoms. The highest BCUT2D eigenvalue weighted by Gasteiger charge is 2.18. The Balaban J connectivity index is 2.92. The molecule has 0 aliphatic rings. The van der Waals surface area contributed by atoms with Gasteiger partial charge in [0.15, 0.2) is 0 Å². The first kappa shape index (κ1) is 12.7. The first-order valence-electron chi connectivity index (χ1n) is 5.45. The molecule has 0 aliphatic heterocycles. The van der Waals surface area contributed by atoms with E-state index < -0.39 is 0 Å². The SMILES string of the molecule is CC(C)(C)c1ccccc1NC(=O)CCO. The Morgan fingerprint density at radius 3 is 2.50 bits per heavy atom. The molecular formula is C13H19NO2. The van der Waals surface area contributed by atoms with Crippen molar-refractivity contribution in [1.82, 2.24) is 0 Å². The molecule has 0 heterocycles. The number of anilines is 1. The van der Waals surface area contributed by atoms with Gasteiger partial charge in [0, 0.05) is 5.69 Å². The summed E-state index contributed by atoms with van der Waals surface area (Å²) in [6, 6.07) is 7.75. The molecule has 0 saturated carbocycles. The van der Waals surface area contributed by atoms with Gasteiger partial charge in [0.2, 0.25) is 5.91 Å². The van der Waals surface area contributed by atoms with Crippen LogP contribution in [0.15, 0.2) is 24.3 Å². The molecule has 1 amide bonds. The van der Waals surface area contributed by atoms with E-state index >= 15 is 0 Å². The van der Waals surface area contributed by atoms with Gasteiger partial charge < -0.3 is 10.4 Å². The Kier molecular flexibility index (Phi) is 4.07. The zero-order valence-electron chi connectivity index (χ0n) is 10.1. The highest BCUT2D eigenvalue weighted by molar-refractivity contribution is 5.91. The summed E-state index contributed by atoms with van der Waals surface area (Å²) in [5.41, 5.74) is 1.91. The zero-order valence-corrected chi connectivity index (χ0v) is 10.1. The van der Waals surface area contributed by atoms with E-state index in [-0.39, 0.29) is 24.3 Å². The van der Waals surface area contributed by atoms with E-state index in [1.807, 2.05) is 24.3 Å². The molecular weight excluding hydrogens is 202 g/mol. The maximum atomic E-state index is 11.4. The van der Waals surface area contributed by atoms with Gasteiger partial charge in [-0.1, -0.05) is 39.0 Å². The smallest absolute Gasteiger partial charge is 0.226 e. The number of nitrogens with one attached hydrogen (secondary N) is 1. The van der Waals surface area contributed by atoms with Crippen LogP contribution >= 0.6 is 0 Å². The van der Waals surface area contributed by atoms with Gasteiger partial charge in [0.25, 0.3) is 0 Å². The molecule has 0 spiro atoms. The van der Waals surface area contributed by atoms with Crippen molar-refractivity contribution in [1.29, 1.82) is 0 Å². The predicted molar refractivity (Wildman–Crippen MR) is 65.5 cm³/mol. The van der Waals surface area contributed by atoms with Crippen LogP contribution in [0.4, 0.5) is 5.69 Å². The third kappa shape index (κ3) is 3.35. The summed E-state index contributed by atoms with van der Waals surface area (Å²) < 4.78 is 0. The highest BCUT2D eigenvalue weighted by atomic mass is 16.3. The quantitative estimate of drug-likeness (QED) is 0.822. The normalized spacial score (nSPS) is 11.2. The number of hydrogen-bond acceptors (Lipinski definition) is 2.